The van der Waals surface area contributed by atoms with Crippen molar-refractivity contribution >= 4 is 39.0 Å². The van der Waals surface area contributed by atoms with E-state index in [9.17, 15) is 9.59 Å². The smallest absolute Gasteiger partial charge is 0.343 e. The van der Waals surface area contributed by atoms with Gasteiger partial charge in [-0.05, 0) is 35.0 Å². The normalized spacial score (nSPS) is 27.4. The molecule has 7 heteroatoms. The van der Waals surface area contributed by atoms with Gasteiger partial charge in [0.05, 0.1) is 12.5 Å². The van der Waals surface area contributed by atoms with E-state index in [2.05, 4.69) is 23.5 Å². The van der Waals surface area contributed by atoms with E-state index in [0.717, 1.165) is 36.3 Å². The lowest BCUT2D eigenvalue weighted by molar-refractivity contribution is -0.217. The van der Waals surface area contributed by atoms with Crippen molar-refractivity contribution in [3.63, 3.8) is 0 Å². The molecule has 1 aromatic heterocycles. The molecule has 3 aliphatic rings. The monoisotopic (exact) mass is 356 g/mol. The molecule has 2 atom stereocenters. The Kier molecular flexibility index (Phi) is 3.17. The summed E-state index contributed by atoms with van der Waals surface area (Å²) < 4.78 is 12.5. The van der Waals surface area contributed by atoms with Crippen molar-refractivity contribution in [2.75, 3.05) is 18.0 Å². The number of ether oxygens (including phenoxy) is 2. The molecule has 128 valence electrons. The summed E-state index contributed by atoms with van der Waals surface area (Å²) in [5.74, 6) is -2.24. The van der Waals surface area contributed by atoms with Gasteiger partial charge < -0.3 is 14.8 Å². The van der Waals surface area contributed by atoms with Gasteiger partial charge in [-0.15, -0.1) is 11.3 Å². The molecule has 3 aliphatic heterocycles. The van der Waals surface area contributed by atoms with Gasteiger partial charge in [-0.25, -0.2) is 9.59 Å². The minimum absolute atomic E-state index is 0.106. The molecule has 0 saturated carbocycles. The van der Waals surface area contributed by atoms with Crippen molar-refractivity contribution in [2.24, 2.45) is 5.92 Å². The lowest BCUT2D eigenvalue weighted by Gasteiger charge is -2.39. The molecule has 6 nitrogen and oxygen atoms in total. The highest BCUT2D eigenvalue weighted by Crippen LogP contribution is 2.46. The van der Waals surface area contributed by atoms with Crippen LogP contribution in [0, 0.1) is 5.92 Å². The highest BCUT2D eigenvalue weighted by molar-refractivity contribution is 7.17. The molecule has 5 rings (SSSR count). The number of hydrogen-bond acceptors (Lipinski definition) is 7. The first-order chi connectivity index (χ1) is 12.1. The summed E-state index contributed by atoms with van der Waals surface area (Å²) in [6.45, 7) is 1.57. The molecule has 0 aliphatic carbocycles. The summed E-state index contributed by atoms with van der Waals surface area (Å²) in [5, 5.41) is 6.55. The third-order valence-corrected chi connectivity index (χ3v) is 6.01. The summed E-state index contributed by atoms with van der Waals surface area (Å²) in [5.41, 5.74) is 0.893. The quantitative estimate of drug-likeness (QED) is 0.789. The molecule has 1 spiro atoms. The Balaban J connectivity index is 1.64. The Morgan fingerprint density at radius 3 is 2.72 bits per heavy atom. The van der Waals surface area contributed by atoms with Crippen LogP contribution < -0.4 is 10.2 Å². The molecular formula is C18H16N2O4S. The fourth-order valence-corrected chi connectivity index (χ4v) is 4.90. The van der Waals surface area contributed by atoms with Crippen LogP contribution in [0.4, 0.5) is 5.69 Å². The molecule has 25 heavy (non-hydrogen) atoms. The first-order valence-corrected chi connectivity index (χ1v) is 9.14. The van der Waals surface area contributed by atoms with Crippen molar-refractivity contribution in [1.29, 1.82) is 0 Å². The minimum Gasteiger partial charge on any atom is -0.400 e. The van der Waals surface area contributed by atoms with Gasteiger partial charge in [0.2, 0.25) is 0 Å². The van der Waals surface area contributed by atoms with Crippen LogP contribution >= 0.6 is 11.3 Å². The maximum Gasteiger partial charge on any atom is 0.343 e. The maximum absolute atomic E-state index is 12.1. The van der Waals surface area contributed by atoms with Crippen LogP contribution in [0.15, 0.2) is 41.8 Å². The zero-order valence-electron chi connectivity index (χ0n) is 13.3. The van der Waals surface area contributed by atoms with Gasteiger partial charge in [0.15, 0.2) is 0 Å². The topological polar surface area (TPSA) is 67.9 Å². The van der Waals surface area contributed by atoms with Crippen LogP contribution in [0.5, 0.6) is 0 Å². The fraction of sp³-hybridized carbons (Fsp3) is 0.333. The lowest BCUT2D eigenvalue weighted by Crippen LogP contribution is -2.54. The predicted molar refractivity (Wildman–Crippen MR) is 93.1 cm³/mol. The summed E-state index contributed by atoms with van der Waals surface area (Å²) >= 11 is 1.68. The largest absolute Gasteiger partial charge is 0.400 e. The number of rotatable bonds is 1. The van der Waals surface area contributed by atoms with Crippen LogP contribution in [0.2, 0.25) is 0 Å². The molecular weight excluding hydrogens is 340 g/mol. The molecule has 2 unspecified atom stereocenters. The molecule has 0 radical (unpaired) electrons. The van der Waals surface area contributed by atoms with Crippen molar-refractivity contribution in [2.45, 2.75) is 18.4 Å². The zero-order valence-corrected chi connectivity index (χ0v) is 14.1. The number of esters is 2. The highest BCUT2D eigenvalue weighted by Gasteiger charge is 2.59. The third kappa shape index (κ3) is 2.26. The van der Waals surface area contributed by atoms with Crippen LogP contribution in [-0.2, 0) is 19.1 Å². The Hall–Kier alpha value is -2.38. The van der Waals surface area contributed by atoms with Crippen molar-refractivity contribution in [3.05, 3.63) is 41.8 Å². The number of hydrogen-bond donors (Lipinski definition) is 1. The first kappa shape index (κ1) is 14.9. The lowest BCUT2D eigenvalue weighted by atomic mass is 10.0. The van der Waals surface area contributed by atoms with Gasteiger partial charge in [-0.2, -0.15) is 0 Å². The molecule has 1 aromatic carbocycles. The van der Waals surface area contributed by atoms with Crippen molar-refractivity contribution in [1.82, 2.24) is 5.32 Å². The van der Waals surface area contributed by atoms with E-state index < -0.39 is 17.8 Å². The minimum atomic E-state index is -1.38. The van der Waals surface area contributed by atoms with Crippen LogP contribution in [0.3, 0.4) is 0 Å². The van der Waals surface area contributed by atoms with Gasteiger partial charge in [-0.3, -0.25) is 4.90 Å². The second kappa shape index (κ2) is 5.31. The van der Waals surface area contributed by atoms with E-state index in [4.69, 9.17) is 9.47 Å². The van der Waals surface area contributed by atoms with E-state index in [0.29, 0.717) is 6.42 Å². The van der Waals surface area contributed by atoms with E-state index in [1.807, 2.05) is 16.3 Å². The zero-order chi connectivity index (χ0) is 17.0. The van der Waals surface area contributed by atoms with E-state index in [1.54, 1.807) is 11.3 Å². The van der Waals surface area contributed by atoms with Gasteiger partial charge >= 0.3 is 17.8 Å². The summed E-state index contributed by atoms with van der Waals surface area (Å²) in [6.07, 6.45) is 2.72. The average molecular weight is 356 g/mol. The number of carbonyl (C=O) groups is 2. The van der Waals surface area contributed by atoms with Crippen LogP contribution in [0.1, 0.15) is 6.42 Å². The molecule has 2 fully saturated rings. The van der Waals surface area contributed by atoms with Crippen LogP contribution in [-0.4, -0.2) is 37.0 Å². The standard InChI is InChI=1S/C18H16N2O4S/c21-16-3-4-17(22)24-18(23-16)8-12-9-19-10-14(12)20(18)13-1-2-15-11(7-13)5-6-25-15/h1-7,12,14,19H,8-10H2. The molecule has 0 bridgehead atoms. The summed E-state index contributed by atoms with van der Waals surface area (Å²) in [7, 11) is 0. The number of benzene rings is 1. The Labute approximate surface area is 148 Å². The molecule has 1 N–H and O–H groups in total. The summed E-state index contributed by atoms with van der Waals surface area (Å²) in [6, 6.07) is 8.28. The van der Waals surface area contributed by atoms with Gasteiger partial charge in [0, 0.05) is 41.5 Å². The maximum atomic E-state index is 12.1. The second-order valence-electron chi connectivity index (χ2n) is 6.59. The molecule has 4 heterocycles. The number of fused-ring (bicyclic) bond motifs is 2. The highest BCUT2D eigenvalue weighted by atomic mass is 32.1. The van der Waals surface area contributed by atoms with E-state index in [1.165, 1.54) is 4.70 Å². The SMILES string of the molecule is O=C1C=CC(=O)OC2(CC3CNCC3N2c2ccc3sccc3c2)O1. The number of nitrogens with one attached hydrogen (secondary N) is 1. The summed E-state index contributed by atoms with van der Waals surface area (Å²) in [4.78, 5) is 26.1. The van der Waals surface area contributed by atoms with Crippen molar-refractivity contribution < 1.29 is 19.1 Å². The van der Waals surface area contributed by atoms with Crippen LogP contribution in [0.25, 0.3) is 10.1 Å². The predicted octanol–water partition coefficient (Wildman–Crippen LogP) is 2.01. The number of thiophene rings is 1. The average Bonchev–Trinajstić information content (AvgIpc) is 3.24. The Morgan fingerprint density at radius 2 is 1.92 bits per heavy atom. The van der Waals surface area contributed by atoms with Gasteiger partial charge in [0.25, 0.3) is 0 Å². The fourth-order valence-electron chi connectivity index (χ4n) is 4.13. The molecule has 2 saturated heterocycles. The van der Waals surface area contributed by atoms with E-state index in [-0.39, 0.29) is 12.0 Å². The van der Waals surface area contributed by atoms with Gasteiger partial charge in [-0.1, -0.05) is 0 Å². The molecule has 0 amide bonds. The first-order valence-electron chi connectivity index (χ1n) is 8.26. The number of nitrogens with zero attached hydrogens (tertiary/aromatic N) is 1. The number of carbonyl (C=O) groups excluding carboxylic acids is 2. The Morgan fingerprint density at radius 1 is 1.12 bits per heavy atom. The molecule has 2 aromatic rings. The third-order valence-electron chi connectivity index (χ3n) is 5.11. The Bertz CT molecular complexity index is 885. The second-order valence-corrected chi connectivity index (χ2v) is 7.54. The van der Waals surface area contributed by atoms with Gasteiger partial charge in [0.1, 0.15) is 0 Å². The number of anilines is 1. The van der Waals surface area contributed by atoms with Crippen molar-refractivity contribution in [3.8, 4) is 0 Å². The van der Waals surface area contributed by atoms with E-state index >= 15 is 0 Å².